The van der Waals surface area contributed by atoms with Gasteiger partial charge in [0.15, 0.2) is 0 Å². The Kier molecular flexibility index (Phi) is 6.97. The minimum absolute atomic E-state index is 0.0628. The fraction of sp³-hybridized carbons (Fsp3) is 0.240. The molecule has 1 amide bonds. The quantitative estimate of drug-likeness (QED) is 0.381. The van der Waals surface area contributed by atoms with Gasteiger partial charge in [-0.2, -0.15) is 4.98 Å². The zero-order chi connectivity index (χ0) is 22.3. The number of methoxy groups -OCH3 is 1. The second kappa shape index (κ2) is 10.2. The summed E-state index contributed by atoms with van der Waals surface area (Å²) in [4.78, 5) is 18.3. The summed E-state index contributed by atoms with van der Waals surface area (Å²) in [6, 6.07) is 19.7. The zero-order valence-electron chi connectivity index (χ0n) is 18.1. The smallest absolute Gasteiger partial charge is 0.227 e. The van der Waals surface area contributed by atoms with Crippen LogP contribution in [0.5, 0.6) is 5.75 Å². The number of thiophene rings is 1. The van der Waals surface area contributed by atoms with Crippen molar-refractivity contribution < 1.29 is 14.1 Å². The first-order valence-electron chi connectivity index (χ1n) is 10.5. The summed E-state index contributed by atoms with van der Waals surface area (Å²) in [6.45, 7) is 2.13. The van der Waals surface area contributed by atoms with Crippen molar-refractivity contribution in [1.29, 1.82) is 0 Å². The van der Waals surface area contributed by atoms with E-state index in [0.29, 0.717) is 18.1 Å². The summed E-state index contributed by atoms with van der Waals surface area (Å²) in [6.07, 6.45) is 1.62. The van der Waals surface area contributed by atoms with Crippen molar-refractivity contribution in [1.82, 2.24) is 15.5 Å². The minimum atomic E-state index is -0.175. The van der Waals surface area contributed by atoms with Crippen LogP contribution in [0, 0.1) is 0 Å². The first-order valence-corrected chi connectivity index (χ1v) is 11.4. The Morgan fingerprint density at radius 2 is 1.91 bits per heavy atom. The number of hydrogen-bond donors (Lipinski definition) is 1. The molecule has 164 valence electrons. The zero-order valence-corrected chi connectivity index (χ0v) is 18.9. The number of carbonyl (C=O) groups excluding carboxylic acids is 1. The summed E-state index contributed by atoms with van der Waals surface area (Å²) in [5.41, 5.74) is 3.17. The van der Waals surface area contributed by atoms with Crippen molar-refractivity contribution in [2.75, 3.05) is 7.11 Å². The fourth-order valence-electron chi connectivity index (χ4n) is 3.39. The molecule has 1 atom stereocenters. The predicted octanol–water partition coefficient (Wildman–Crippen LogP) is 5.21. The van der Waals surface area contributed by atoms with Crippen molar-refractivity contribution in [2.24, 2.45) is 0 Å². The number of nitrogens with one attached hydrogen (secondary N) is 1. The van der Waals surface area contributed by atoms with E-state index in [1.165, 1.54) is 5.56 Å². The number of benzene rings is 2. The van der Waals surface area contributed by atoms with Crippen LogP contribution in [0.1, 0.15) is 41.3 Å². The van der Waals surface area contributed by atoms with Gasteiger partial charge in [0.2, 0.25) is 17.6 Å². The molecule has 2 aromatic heterocycles. The van der Waals surface area contributed by atoms with Crippen LogP contribution in [0.3, 0.4) is 0 Å². The molecule has 0 bridgehead atoms. The van der Waals surface area contributed by atoms with E-state index < -0.39 is 0 Å². The molecule has 2 heterocycles. The van der Waals surface area contributed by atoms with E-state index in [4.69, 9.17) is 9.26 Å². The number of amides is 1. The molecule has 0 spiro atoms. The lowest BCUT2D eigenvalue weighted by atomic mass is 10.0. The molecule has 6 nitrogen and oxygen atoms in total. The molecule has 1 unspecified atom stereocenters. The SMILES string of the molecule is CCc1ccc(C(NC(=O)CCc2nc(-c3ccc(OC)cc3)no2)c2cccs2)cc1. The Hall–Kier alpha value is -3.45. The van der Waals surface area contributed by atoms with Crippen LogP contribution in [0.25, 0.3) is 11.4 Å². The van der Waals surface area contributed by atoms with Gasteiger partial charge in [-0.05, 0) is 53.3 Å². The first kappa shape index (κ1) is 21.8. The van der Waals surface area contributed by atoms with Gasteiger partial charge in [0.05, 0.1) is 13.2 Å². The van der Waals surface area contributed by atoms with Crippen LogP contribution >= 0.6 is 11.3 Å². The molecule has 1 N–H and O–H groups in total. The number of carbonyl (C=O) groups is 1. The number of aryl methyl sites for hydroxylation is 2. The largest absolute Gasteiger partial charge is 0.497 e. The monoisotopic (exact) mass is 447 g/mol. The van der Waals surface area contributed by atoms with Crippen LogP contribution < -0.4 is 10.1 Å². The summed E-state index contributed by atoms with van der Waals surface area (Å²) in [5, 5.41) is 9.21. The summed E-state index contributed by atoms with van der Waals surface area (Å²) >= 11 is 1.63. The van der Waals surface area contributed by atoms with E-state index in [1.807, 2.05) is 41.8 Å². The van der Waals surface area contributed by atoms with Gasteiger partial charge in [-0.15, -0.1) is 11.3 Å². The van der Waals surface area contributed by atoms with Gasteiger partial charge >= 0.3 is 0 Å². The van der Waals surface area contributed by atoms with E-state index in [2.05, 4.69) is 46.6 Å². The molecule has 0 fully saturated rings. The third kappa shape index (κ3) is 5.23. The summed E-state index contributed by atoms with van der Waals surface area (Å²) < 4.78 is 10.5. The van der Waals surface area contributed by atoms with E-state index in [9.17, 15) is 4.79 Å². The molecule has 0 saturated carbocycles. The number of aromatic nitrogens is 2. The van der Waals surface area contributed by atoms with Crippen LogP contribution in [-0.4, -0.2) is 23.2 Å². The number of ether oxygens (including phenoxy) is 1. The highest BCUT2D eigenvalue weighted by Crippen LogP contribution is 2.27. The van der Waals surface area contributed by atoms with Crippen molar-refractivity contribution in [3.8, 4) is 17.1 Å². The van der Waals surface area contributed by atoms with Crippen LogP contribution in [0.2, 0.25) is 0 Å². The predicted molar refractivity (Wildman–Crippen MR) is 125 cm³/mol. The second-order valence-corrected chi connectivity index (χ2v) is 8.33. The lowest BCUT2D eigenvalue weighted by Gasteiger charge is -2.18. The second-order valence-electron chi connectivity index (χ2n) is 7.35. The van der Waals surface area contributed by atoms with Crippen molar-refractivity contribution >= 4 is 17.2 Å². The first-order chi connectivity index (χ1) is 15.7. The highest BCUT2D eigenvalue weighted by Gasteiger charge is 2.19. The molecule has 0 saturated heterocycles. The highest BCUT2D eigenvalue weighted by atomic mass is 32.1. The van der Waals surface area contributed by atoms with E-state index >= 15 is 0 Å². The minimum Gasteiger partial charge on any atom is -0.497 e. The van der Waals surface area contributed by atoms with Crippen molar-refractivity contribution in [3.05, 3.63) is 87.9 Å². The molecule has 32 heavy (non-hydrogen) atoms. The Bertz CT molecular complexity index is 1140. The molecule has 0 aliphatic rings. The standard InChI is InChI=1S/C25H25N3O3S/c1-3-17-6-8-18(9-7-17)24(21-5-4-16-32-21)26-22(29)14-15-23-27-25(28-31-23)19-10-12-20(30-2)13-11-19/h4-13,16,24H,3,14-15H2,1-2H3,(H,26,29). The van der Waals surface area contributed by atoms with Gasteiger partial charge in [-0.3, -0.25) is 4.79 Å². The maximum Gasteiger partial charge on any atom is 0.227 e. The van der Waals surface area contributed by atoms with Gasteiger partial charge in [-0.25, -0.2) is 0 Å². The lowest BCUT2D eigenvalue weighted by Crippen LogP contribution is -2.29. The third-order valence-electron chi connectivity index (χ3n) is 5.24. The highest BCUT2D eigenvalue weighted by molar-refractivity contribution is 7.10. The van der Waals surface area contributed by atoms with Gasteiger partial charge in [0.1, 0.15) is 5.75 Å². The average Bonchev–Trinajstić information content (AvgIpc) is 3.54. The number of hydrogen-bond acceptors (Lipinski definition) is 6. The molecule has 7 heteroatoms. The van der Waals surface area contributed by atoms with Crippen LogP contribution in [-0.2, 0) is 17.6 Å². The fourth-order valence-corrected chi connectivity index (χ4v) is 4.19. The van der Waals surface area contributed by atoms with Crippen LogP contribution in [0.15, 0.2) is 70.6 Å². The maximum absolute atomic E-state index is 12.8. The topological polar surface area (TPSA) is 77.2 Å². The third-order valence-corrected chi connectivity index (χ3v) is 6.17. The van der Waals surface area contributed by atoms with Gasteiger partial charge in [0, 0.05) is 23.3 Å². The molecular formula is C25H25N3O3S. The average molecular weight is 448 g/mol. The Morgan fingerprint density at radius 3 is 2.56 bits per heavy atom. The normalized spacial score (nSPS) is 11.8. The van der Waals surface area contributed by atoms with Gasteiger partial charge in [0.25, 0.3) is 0 Å². The Labute approximate surface area is 191 Å². The van der Waals surface area contributed by atoms with Gasteiger partial charge < -0.3 is 14.6 Å². The molecule has 2 aromatic carbocycles. The van der Waals surface area contributed by atoms with Crippen LogP contribution in [0.4, 0.5) is 0 Å². The Balaban J connectivity index is 1.40. The Morgan fingerprint density at radius 1 is 1.12 bits per heavy atom. The lowest BCUT2D eigenvalue weighted by molar-refractivity contribution is -0.121. The van der Waals surface area contributed by atoms with E-state index in [-0.39, 0.29) is 18.4 Å². The van der Waals surface area contributed by atoms with Gasteiger partial charge in [-0.1, -0.05) is 42.4 Å². The number of nitrogens with zero attached hydrogens (tertiary/aromatic N) is 2. The van der Waals surface area contributed by atoms with E-state index in [1.54, 1.807) is 18.4 Å². The maximum atomic E-state index is 12.8. The summed E-state index contributed by atoms with van der Waals surface area (Å²) in [5.74, 6) is 1.63. The van der Waals surface area contributed by atoms with E-state index in [0.717, 1.165) is 28.2 Å². The summed E-state index contributed by atoms with van der Waals surface area (Å²) in [7, 11) is 1.62. The molecule has 4 rings (SSSR count). The molecule has 0 aliphatic carbocycles. The molecule has 4 aromatic rings. The number of rotatable bonds is 9. The molecule has 0 aliphatic heterocycles. The van der Waals surface area contributed by atoms with Crippen molar-refractivity contribution in [2.45, 2.75) is 32.2 Å². The molecule has 0 radical (unpaired) electrons. The van der Waals surface area contributed by atoms with Crippen molar-refractivity contribution in [3.63, 3.8) is 0 Å². The molecular weight excluding hydrogens is 422 g/mol.